The Hall–Kier alpha value is -0.250. The summed E-state index contributed by atoms with van der Waals surface area (Å²) in [6.45, 7) is 1.43. The third-order valence-corrected chi connectivity index (χ3v) is 2.29. The van der Waals surface area contributed by atoms with E-state index in [-0.39, 0.29) is 0 Å². The quantitative estimate of drug-likeness (QED) is 0.844. The Kier molecular flexibility index (Phi) is 4.56. The molecule has 4 heteroatoms. The first-order chi connectivity index (χ1) is 6.24. The summed E-state index contributed by atoms with van der Waals surface area (Å²) in [6, 6.07) is 5.57. The Labute approximate surface area is 91.4 Å². The molecule has 0 radical (unpaired) electrons. The lowest BCUT2D eigenvalue weighted by molar-refractivity contribution is 0.318. The fourth-order valence-corrected chi connectivity index (χ4v) is 1.58. The zero-order valence-corrected chi connectivity index (χ0v) is 9.65. The van der Waals surface area contributed by atoms with Gasteiger partial charge >= 0.3 is 0 Å². The molecule has 0 aliphatic carbocycles. The first-order valence-electron chi connectivity index (χ1n) is 3.96. The normalized spacial score (nSPS) is 10.1. The third-order valence-electron chi connectivity index (χ3n) is 1.50. The molecule has 0 amide bonds. The molecular formula is C9H11BrClNO. The van der Waals surface area contributed by atoms with E-state index >= 15 is 0 Å². The average molecular weight is 265 g/mol. The van der Waals surface area contributed by atoms with Crippen molar-refractivity contribution in [1.82, 2.24) is 5.32 Å². The number of hydrogen-bond acceptors (Lipinski definition) is 2. The van der Waals surface area contributed by atoms with Crippen LogP contribution in [-0.2, 0) is 0 Å². The Balaban J connectivity index is 2.56. The van der Waals surface area contributed by atoms with Crippen molar-refractivity contribution in [3.05, 3.63) is 27.7 Å². The van der Waals surface area contributed by atoms with Crippen LogP contribution >= 0.6 is 27.5 Å². The van der Waals surface area contributed by atoms with E-state index in [1.807, 2.05) is 25.2 Å². The van der Waals surface area contributed by atoms with E-state index in [9.17, 15) is 0 Å². The topological polar surface area (TPSA) is 21.3 Å². The van der Waals surface area contributed by atoms with Crippen molar-refractivity contribution in [1.29, 1.82) is 0 Å². The Morgan fingerprint density at radius 1 is 1.54 bits per heavy atom. The van der Waals surface area contributed by atoms with Crippen molar-refractivity contribution < 1.29 is 4.74 Å². The van der Waals surface area contributed by atoms with E-state index in [0.717, 1.165) is 16.8 Å². The van der Waals surface area contributed by atoms with E-state index < -0.39 is 0 Å². The number of nitrogens with one attached hydrogen (secondary N) is 1. The van der Waals surface area contributed by atoms with Gasteiger partial charge in [-0.1, -0.05) is 27.5 Å². The fourth-order valence-electron chi connectivity index (χ4n) is 0.855. The van der Waals surface area contributed by atoms with Gasteiger partial charge in [-0.25, -0.2) is 0 Å². The number of ether oxygens (including phenoxy) is 1. The molecule has 1 aromatic carbocycles. The summed E-state index contributed by atoms with van der Waals surface area (Å²) in [4.78, 5) is 0. The van der Waals surface area contributed by atoms with Crippen LogP contribution in [0.2, 0.25) is 5.02 Å². The van der Waals surface area contributed by atoms with Gasteiger partial charge in [-0.2, -0.15) is 0 Å². The highest BCUT2D eigenvalue weighted by Crippen LogP contribution is 2.27. The van der Waals surface area contributed by atoms with Crippen LogP contribution in [0.25, 0.3) is 0 Å². The van der Waals surface area contributed by atoms with Crippen LogP contribution in [0.5, 0.6) is 5.75 Å². The molecule has 0 aliphatic rings. The maximum Gasteiger partial charge on any atom is 0.138 e. The van der Waals surface area contributed by atoms with Crippen LogP contribution in [0.15, 0.2) is 22.7 Å². The summed E-state index contributed by atoms with van der Waals surface area (Å²) >= 11 is 9.26. The zero-order chi connectivity index (χ0) is 9.68. The summed E-state index contributed by atoms with van der Waals surface area (Å²) in [6.07, 6.45) is 0. The minimum absolute atomic E-state index is 0.623. The molecule has 0 saturated carbocycles. The molecule has 13 heavy (non-hydrogen) atoms. The van der Waals surface area contributed by atoms with Gasteiger partial charge in [0.25, 0.3) is 0 Å². The average Bonchev–Trinajstić information content (AvgIpc) is 2.09. The molecule has 0 fully saturated rings. The second-order valence-corrected chi connectivity index (χ2v) is 3.85. The lowest BCUT2D eigenvalue weighted by Crippen LogP contribution is -2.15. The second-order valence-electron chi connectivity index (χ2n) is 2.53. The number of halogens is 2. The fraction of sp³-hybridized carbons (Fsp3) is 0.333. The van der Waals surface area contributed by atoms with E-state index in [2.05, 4.69) is 21.2 Å². The van der Waals surface area contributed by atoms with Gasteiger partial charge < -0.3 is 10.1 Å². The minimum Gasteiger partial charge on any atom is -0.491 e. The summed E-state index contributed by atoms with van der Waals surface area (Å²) in [5.74, 6) is 0.722. The van der Waals surface area contributed by atoms with E-state index in [0.29, 0.717) is 11.6 Å². The maximum atomic E-state index is 5.93. The van der Waals surface area contributed by atoms with E-state index in [4.69, 9.17) is 16.3 Å². The zero-order valence-electron chi connectivity index (χ0n) is 7.31. The minimum atomic E-state index is 0.623. The molecule has 0 saturated heterocycles. The predicted octanol–water partition coefficient (Wildman–Crippen LogP) is 2.70. The van der Waals surface area contributed by atoms with Gasteiger partial charge in [0.15, 0.2) is 0 Å². The Bertz CT molecular complexity index is 280. The van der Waals surface area contributed by atoms with Crippen LogP contribution in [-0.4, -0.2) is 20.2 Å². The van der Waals surface area contributed by atoms with Gasteiger partial charge in [0, 0.05) is 11.0 Å². The largest absolute Gasteiger partial charge is 0.491 e. The van der Waals surface area contributed by atoms with E-state index in [1.54, 1.807) is 0 Å². The Morgan fingerprint density at radius 3 is 2.92 bits per heavy atom. The molecule has 0 aliphatic heterocycles. The first kappa shape index (κ1) is 10.8. The predicted molar refractivity (Wildman–Crippen MR) is 58.6 cm³/mol. The van der Waals surface area contributed by atoms with Gasteiger partial charge in [-0.3, -0.25) is 0 Å². The van der Waals surface area contributed by atoms with Crippen LogP contribution in [0.1, 0.15) is 0 Å². The lowest BCUT2D eigenvalue weighted by atomic mass is 10.3. The molecule has 0 aromatic heterocycles. The highest BCUT2D eigenvalue weighted by molar-refractivity contribution is 9.10. The first-order valence-corrected chi connectivity index (χ1v) is 5.13. The number of likely N-dealkylation sites (N-methyl/N-ethyl adjacent to an activating group) is 1. The monoisotopic (exact) mass is 263 g/mol. The Morgan fingerprint density at radius 2 is 2.31 bits per heavy atom. The van der Waals surface area contributed by atoms with Crippen molar-refractivity contribution in [2.45, 2.75) is 0 Å². The number of rotatable bonds is 4. The van der Waals surface area contributed by atoms with Gasteiger partial charge in [0.1, 0.15) is 12.4 Å². The smallest absolute Gasteiger partial charge is 0.138 e. The summed E-state index contributed by atoms with van der Waals surface area (Å²) in [7, 11) is 1.88. The lowest BCUT2D eigenvalue weighted by Gasteiger charge is -2.07. The van der Waals surface area contributed by atoms with Crippen molar-refractivity contribution in [2.24, 2.45) is 0 Å². The molecule has 0 unspecified atom stereocenters. The van der Waals surface area contributed by atoms with Crippen molar-refractivity contribution in [2.75, 3.05) is 20.2 Å². The summed E-state index contributed by atoms with van der Waals surface area (Å²) in [5, 5.41) is 3.62. The van der Waals surface area contributed by atoms with Gasteiger partial charge in [-0.15, -0.1) is 0 Å². The maximum absolute atomic E-state index is 5.93. The van der Waals surface area contributed by atoms with Crippen LogP contribution in [0.4, 0.5) is 0 Å². The second kappa shape index (κ2) is 5.47. The molecule has 0 heterocycles. The van der Waals surface area contributed by atoms with Gasteiger partial charge in [-0.05, 0) is 25.2 Å². The molecule has 0 bridgehead atoms. The molecule has 1 rings (SSSR count). The van der Waals surface area contributed by atoms with Crippen molar-refractivity contribution in [3.8, 4) is 5.75 Å². The van der Waals surface area contributed by atoms with Gasteiger partial charge in [0.05, 0.1) is 5.02 Å². The highest BCUT2D eigenvalue weighted by Gasteiger charge is 2.00. The van der Waals surface area contributed by atoms with Crippen LogP contribution in [0.3, 0.4) is 0 Å². The molecule has 1 aromatic rings. The number of hydrogen-bond donors (Lipinski definition) is 1. The number of benzene rings is 1. The summed E-state index contributed by atoms with van der Waals surface area (Å²) < 4.78 is 6.37. The SMILES string of the molecule is CNCCOc1ccc(Br)cc1Cl. The molecule has 0 atom stereocenters. The van der Waals surface area contributed by atoms with E-state index in [1.165, 1.54) is 0 Å². The van der Waals surface area contributed by atoms with Crippen molar-refractivity contribution in [3.63, 3.8) is 0 Å². The summed E-state index contributed by atoms with van der Waals surface area (Å²) in [5.41, 5.74) is 0. The standard InChI is InChI=1S/C9H11BrClNO/c1-12-4-5-13-9-3-2-7(10)6-8(9)11/h2-3,6,12H,4-5H2,1H3. The van der Waals surface area contributed by atoms with Gasteiger partial charge in [0.2, 0.25) is 0 Å². The third kappa shape index (κ3) is 3.55. The van der Waals surface area contributed by atoms with Crippen molar-refractivity contribution >= 4 is 27.5 Å². The van der Waals surface area contributed by atoms with Crippen LogP contribution in [0, 0.1) is 0 Å². The molecule has 72 valence electrons. The van der Waals surface area contributed by atoms with Crippen LogP contribution < -0.4 is 10.1 Å². The molecule has 0 spiro atoms. The molecule has 1 N–H and O–H groups in total. The molecular weight excluding hydrogens is 253 g/mol. The highest BCUT2D eigenvalue weighted by atomic mass is 79.9. The molecule has 2 nitrogen and oxygen atoms in total.